The van der Waals surface area contributed by atoms with Crippen molar-refractivity contribution < 1.29 is 13.2 Å². The van der Waals surface area contributed by atoms with Crippen molar-refractivity contribution in [2.45, 2.75) is 17.7 Å². The molecule has 7 nitrogen and oxygen atoms in total. The highest BCUT2D eigenvalue weighted by molar-refractivity contribution is 7.89. The maximum atomic E-state index is 11.8. The van der Waals surface area contributed by atoms with Crippen LogP contribution in [0, 0.1) is 5.92 Å². The molecule has 0 radical (unpaired) electrons. The Balaban J connectivity index is 1.80. The second kappa shape index (κ2) is 5.81. The van der Waals surface area contributed by atoms with Crippen molar-refractivity contribution in [3.63, 3.8) is 0 Å². The Kier molecular flexibility index (Phi) is 4.33. The summed E-state index contributed by atoms with van der Waals surface area (Å²) in [6, 6.07) is 0. The van der Waals surface area contributed by atoms with Crippen molar-refractivity contribution in [3.8, 4) is 0 Å². The van der Waals surface area contributed by atoms with Gasteiger partial charge in [0.1, 0.15) is 4.90 Å². The molecular formula is C10H13ClN4O3S. The summed E-state index contributed by atoms with van der Waals surface area (Å²) >= 11 is 5.47. The van der Waals surface area contributed by atoms with Crippen LogP contribution in [0.1, 0.15) is 12.8 Å². The topological polar surface area (TPSA) is 101 Å². The summed E-state index contributed by atoms with van der Waals surface area (Å²) in [5.74, 6) is 0.0929. The minimum atomic E-state index is -3.66. The molecule has 0 aromatic carbocycles. The lowest BCUT2D eigenvalue weighted by Crippen LogP contribution is -2.35. The van der Waals surface area contributed by atoms with Crippen LogP contribution in [0.4, 0.5) is 0 Å². The second-order valence-corrected chi connectivity index (χ2v) is 6.26. The molecule has 2 N–H and O–H groups in total. The average Bonchev–Trinajstić information content (AvgIpc) is 3.19. The zero-order chi connectivity index (χ0) is 13.9. The van der Waals surface area contributed by atoms with Crippen molar-refractivity contribution >= 4 is 27.5 Å². The van der Waals surface area contributed by atoms with Crippen LogP contribution in [0.3, 0.4) is 0 Å². The van der Waals surface area contributed by atoms with Gasteiger partial charge in [0, 0.05) is 19.0 Å². The van der Waals surface area contributed by atoms with Crippen LogP contribution in [0.5, 0.6) is 0 Å². The molecule has 0 atom stereocenters. The summed E-state index contributed by atoms with van der Waals surface area (Å²) in [7, 11) is -3.66. The number of hydrogen-bond donors (Lipinski definition) is 2. The molecule has 0 unspecified atom stereocenters. The van der Waals surface area contributed by atoms with Crippen LogP contribution in [-0.2, 0) is 14.8 Å². The van der Waals surface area contributed by atoms with E-state index in [0.717, 1.165) is 25.2 Å². The standard InChI is InChI=1S/C10H13ClN4O3S/c11-10-13-5-8(6-14-10)19(17,18)15-4-3-12-9(16)7-1-2-7/h5-7,15H,1-4H2,(H,12,16). The molecule has 1 fully saturated rings. The number of aromatic nitrogens is 2. The minimum Gasteiger partial charge on any atom is -0.355 e. The van der Waals surface area contributed by atoms with Crippen LogP contribution in [0.2, 0.25) is 5.28 Å². The zero-order valence-corrected chi connectivity index (χ0v) is 11.5. The first-order valence-corrected chi connectivity index (χ1v) is 7.60. The summed E-state index contributed by atoms with van der Waals surface area (Å²) in [6.45, 7) is 0.367. The molecular weight excluding hydrogens is 292 g/mol. The largest absolute Gasteiger partial charge is 0.355 e. The summed E-state index contributed by atoms with van der Waals surface area (Å²) in [5, 5.41) is 2.64. The molecule has 1 aliphatic carbocycles. The van der Waals surface area contributed by atoms with E-state index in [1.807, 2.05) is 0 Å². The number of nitrogens with one attached hydrogen (secondary N) is 2. The molecule has 0 spiro atoms. The Morgan fingerprint density at radius 2 is 1.95 bits per heavy atom. The molecule has 0 bridgehead atoms. The molecule has 1 saturated carbocycles. The quantitative estimate of drug-likeness (QED) is 0.566. The first-order chi connectivity index (χ1) is 8.99. The average molecular weight is 305 g/mol. The summed E-state index contributed by atoms with van der Waals surface area (Å²) in [6.07, 6.45) is 4.08. The van der Waals surface area contributed by atoms with Gasteiger partial charge in [-0.2, -0.15) is 0 Å². The zero-order valence-electron chi connectivity index (χ0n) is 9.97. The third-order valence-electron chi connectivity index (χ3n) is 2.57. The summed E-state index contributed by atoms with van der Waals surface area (Å²) in [5.41, 5.74) is 0. The lowest BCUT2D eigenvalue weighted by Gasteiger charge is -2.07. The normalized spacial score (nSPS) is 15.2. The van der Waals surface area contributed by atoms with E-state index in [1.54, 1.807) is 0 Å². The molecule has 104 valence electrons. The number of carbonyl (C=O) groups excluding carboxylic acids is 1. The van der Waals surface area contributed by atoms with Crippen molar-refractivity contribution in [2.24, 2.45) is 5.92 Å². The Hall–Kier alpha value is -1.25. The highest BCUT2D eigenvalue weighted by Crippen LogP contribution is 2.28. The SMILES string of the molecule is O=C(NCCNS(=O)(=O)c1cnc(Cl)nc1)C1CC1. The van der Waals surface area contributed by atoms with Gasteiger partial charge in [0.25, 0.3) is 0 Å². The maximum Gasteiger partial charge on any atom is 0.243 e. The molecule has 1 aliphatic rings. The van der Waals surface area contributed by atoms with E-state index in [2.05, 4.69) is 20.0 Å². The first kappa shape index (κ1) is 14.2. The minimum absolute atomic E-state index is 0.0179. The lowest BCUT2D eigenvalue weighted by molar-refractivity contribution is -0.122. The Morgan fingerprint density at radius 3 is 2.53 bits per heavy atom. The van der Waals surface area contributed by atoms with Crippen LogP contribution in [0.25, 0.3) is 0 Å². The lowest BCUT2D eigenvalue weighted by atomic mass is 10.4. The molecule has 2 rings (SSSR count). The highest BCUT2D eigenvalue weighted by Gasteiger charge is 2.29. The number of rotatable bonds is 6. The van der Waals surface area contributed by atoms with E-state index in [1.165, 1.54) is 0 Å². The number of nitrogens with zero attached hydrogens (tertiary/aromatic N) is 2. The smallest absolute Gasteiger partial charge is 0.243 e. The Morgan fingerprint density at radius 1 is 1.32 bits per heavy atom. The van der Waals surface area contributed by atoms with Crippen molar-refractivity contribution in [1.29, 1.82) is 0 Å². The fraction of sp³-hybridized carbons (Fsp3) is 0.500. The van der Waals surface area contributed by atoms with E-state index in [0.29, 0.717) is 0 Å². The van der Waals surface area contributed by atoms with Gasteiger partial charge in [0.05, 0.1) is 12.4 Å². The monoisotopic (exact) mass is 304 g/mol. The molecule has 1 aromatic heterocycles. The van der Waals surface area contributed by atoms with Gasteiger partial charge >= 0.3 is 0 Å². The van der Waals surface area contributed by atoms with Gasteiger partial charge in [-0.25, -0.2) is 23.1 Å². The third-order valence-corrected chi connectivity index (χ3v) is 4.18. The number of amides is 1. The maximum absolute atomic E-state index is 11.8. The number of sulfonamides is 1. The molecule has 1 amide bonds. The Labute approximate surface area is 115 Å². The predicted molar refractivity (Wildman–Crippen MR) is 68.0 cm³/mol. The van der Waals surface area contributed by atoms with Gasteiger partial charge in [-0.15, -0.1) is 0 Å². The van der Waals surface area contributed by atoms with Gasteiger partial charge in [-0.3, -0.25) is 4.79 Å². The second-order valence-electron chi connectivity index (χ2n) is 4.15. The van der Waals surface area contributed by atoms with Crippen LogP contribution >= 0.6 is 11.6 Å². The molecule has 0 saturated heterocycles. The molecule has 1 heterocycles. The van der Waals surface area contributed by atoms with Gasteiger partial charge in [0.15, 0.2) is 0 Å². The molecule has 0 aliphatic heterocycles. The number of carbonyl (C=O) groups is 1. The van der Waals surface area contributed by atoms with Crippen LogP contribution in [-0.4, -0.2) is 37.4 Å². The predicted octanol–water partition coefficient (Wildman–Crippen LogP) is -0.0655. The third kappa shape index (κ3) is 4.12. The van der Waals surface area contributed by atoms with E-state index in [4.69, 9.17) is 11.6 Å². The van der Waals surface area contributed by atoms with Crippen molar-refractivity contribution in [2.75, 3.05) is 13.1 Å². The Bertz CT molecular complexity index is 557. The van der Waals surface area contributed by atoms with E-state index in [9.17, 15) is 13.2 Å². The van der Waals surface area contributed by atoms with Crippen molar-refractivity contribution in [1.82, 2.24) is 20.0 Å². The van der Waals surface area contributed by atoms with Gasteiger partial charge in [0.2, 0.25) is 21.2 Å². The van der Waals surface area contributed by atoms with Crippen LogP contribution < -0.4 is 10.0 Å². The number of halogens is 1. The fourth-order valence-corrected chi connectivity index (χ4v) is 2.40. The van der Waals surface area contributed by atoms with Gasteiger partial charge in [-0.1, -0.05) is 0 Å². The molecule has 9 heteroatoms. The fourth-order valence-electron chi connectivity index (χ4n) is 1.38. The summed E-state index contributed by atoms with van der Waals surface area (Å²) in [4.78, 5) is 18.4. The van der Waals surface area contributed by atoms with Gasteiger partial charge < -0.3 is 5.32 Å². The molecule has 1 aromatic rings. The first-order valence-electron chi connectivity index (χ1n) is 5.74. The van der Waals surface area contributed by atoms with Crippen molar-refractivity contribution in [3.05, 3.63) is 17.7 Å². The van der Waals surface area contributed by atoms with E-state index in [-0.39, 0.29) is 35.1 Å². The number of hydrogen-bond acceptors (Lipinski definition) is 5. The van der Waals surface area contributed by atoms with E-state index < -0.39 is 10.0 Å². The molecule has 19 heavy (non-hydrogen) atoms. The van der Waals surface area contributed by atoms with Gasteiger partial charge in [-0.05, 0) is 24.4 Å². The highest BCUT2D eigenvalue weighted by atomic mass is 35.5. The van der Waals surface area contributed by atoms with E-state index >= 15 is 0 Å². The summed E-state index contributed by atoms with van der Waals surface area (Å²) < 4.78 is 25.9. The van der Waals surface area contributed by atoms with Crippen LogP contribution in [0.15, 0.2) is 17.3 Å².